The highest BCUT2D eigenvalue weighted by Crippen LogP contribution is 2.23. The number of hydrogen-bond donors (Lipinski definition) is 2. The Bertz CT molecular complexity index is 247. The lowest BCUT2D eigenvalue weighted by Crippen LogP contribution is -2.59. The molecule has 0 aromatic rings. The van der Waals surface area contributed by atoms with Crippen LogP contribution in [0.1, 0.15) is 27.7 Å². The molecule has 1 saturated heterocycles. The van der Waals surface area contributed by atoms with Crippen molar-refractivity contribution in [2.45, 2.75) is 33.2 Å². The van der Waals surface area contributed by atoms with Gasteiger partial charge in [0.1, 0.15) is 5.54 Å². The third-order valence-electron chi connectivity index (χ3n) is 3.71. The summed E-state index contributed by atoms with van der Waals surface area (Å²) in [5.41, 5.74) is 4.88. The van der Waals surface area contributed by atoms with Crippen LogP contribution in [-0.4, -0.2) is 42.5 Å². The Morgan fingerprint density at radius 1 is 1.44 bits per heavy atom. The van der Waals surface area contributed by atoms with Crippen LogP contribution in [-0.2, 0) is 4.79 Å². The molecule has 0 aliphatic carbocycles. The van der Waals surface area contributed by atoms with Gasteiger partial charge in [-0.1, -0.05) is 20.8 Å². The zero-order valence-electron chi connectivity index (χ0n) is 10.9. The minimum Gasteiger partial charge on any atom is -0.368 e. The Balaban J connectivity index is 2.60. The van der Waals surface area contributed by atoms with Crippen molar-refractivity contribution in [1.29, 1.82) is 0 Å². The maximum atomic E-state index is 11.5. The quantitative estimate of drug-likeness (QED) is 0.716. The van der Waals surface area contributed by atoms with Gasteiger partial charge in [-0.05, 0) is 25.3 Å². The van der Waals surface area contributed by atoms with E-state index in [-0.39, 0.29) is 5.91 Å². The number of primary amides is 1. The first kappa shape index (κ1) is 13.5. The molecule has 3 unspecified atom stereocenters. The van der Waals surface area contributed by atoms with E-state index in [1.54, 1.807) is 0 Å². The fraction of sp³-hybridized carbons (Fsp3) is 0.917. The van der Waals surface area contributed by atoms with Crippen molar-refractivity contribution in [3.8, 4) is 0 Å². The van der Waals surface area contributed by atoms with Crippen molar-refractivity contribution < 1.29 is 4.79 Å². The van der Waals surface area contributed by atoms with Gasteiger partial charge in [-0.2, -0.15) is 0 Å². The number of carbonyl (C=O) groups excluding carboxylic acids is 1. The predicted molar refractivity (Wildman–Crippen MR) is 66.0 cm³/mol. The van der Waals surface area contributed by atoms with Crippen LogP contribution in [0.5, 0.6) is 0 Å². The van der Waals surface area contributed by atoms with E-state index in [2.05, 4.69) is 24.1 Å². The van der Waals surface area contributed by atoms with Gasteiger partial charge in [0.05, 0.1) is 0 Å². The molecule has 4 nitrogen and oxygen atoms in total. The number of nitrogens with one attached hydrogen (secondary N) is 1. The van der Waals surface area contributed by atoms with Gasteiger partial charge in [-0.15, -0.1) is 0 Å². The average molecular weight is 227 g/mol. The van der Waals surface area contributed by atoms with E-state index in [1.807, 2.05) is 13.8 Å². The van der Waals surface area contributed by atoms with Crippen LogP contribution in [0.3, 0.4) is 0 Å². The van der Waals surface area contributed by atoms with Gasteiger partial charge in [0.2, 0.25) is 5.91 Å². The van der Waals surface area contributed by atoms with E-state index in [1.165, 1.54) is 0 Å². The van der Waals surface area contributed by atoms with Crippen molar-refractivity contribution in [3.05, 3.63) is 0 Å². The first-order valence-corrected chi connectivity index (χ1v) is 6.16. The van der Waals surface area contributed by atoms with Crippen LogP contribution >= 0.6 is 0 Å². The molecule has 0 aromatic carbocycles. The fourth-order valence-corrected chi connectivity index (χ4v) is 2.44. The lowest BCUT2D eigenvalue weighted by atomic mass is 10.0. The molecule has 1 rings (SSSR count). The summed E-state index contributed by atoms with van der Waals surface area (Å²) < 4.78 is 0. The molecular formula is C12H25N3O. The number of carbonyl (C=O) groups is 1. The molecule has 1 amide bonds. The number of amides is 1. The summed E-state index contributed by atoms with van der Waals surface area (Å²) in [5, 5.41) is 3.20. The first-order chi connectivity index (χ1) is 7.39. The molecule has 0 bridgehead atoms. The van der Waals surface area contributed by atoms with E-state index in [0.717, 1.165) is 19.6 Å². The maximum Gasteiger partial charge on any atom is 0.238 e. The summed E-state index contributed by atoms with van der Waals surface area (Å²) in [6.45, 7) is 12.0. The van der Waals surface area contributed by atoms with E-state index in [0.29, 0.717) is 18.4 Å². The van der Waals surface area contributed by atoms with Gasteiger partial charge in [0.25, 0.3) is 0 Å². The fourth-order valence-electron chi connectivity index (χ4n) is 2.44. The van der Waals surface area contributed by atoms with Gasteiger partial charge >= 0.3 is 0 Å². The topological polar surface area (TPSA) is 58.4 Å². The summed E-state index contributed by atoms with van der Waals surface area (Å²) >= 11 is 0. The molecule has 0 radical (unpaired) electrons. The third-order valence-corrected chi connectivity index (χ3v) is 3.71. The minimum atomic E-state index is -0.599. The molecule has 0 saturated carbocycles. The largest absolute Gasteiger partial charge is 0.368 e. The van der Waals surface area contributed by atoms with E-state index >= 15 is 0 Å². The number of likely N-dealkylation sites (N-methyl/N-ethyl adjacent to an activating group) is 1. The lowest BCUT2D eigenvalue weighted by molar-refractivity contribution is -0.124. The molecule has 94 valence electrons. The zero-order chi connectivity index (χ0) is 12.3. The van der Waals surface area contributed by atoms with E-state index in [4.69, 9.17) is 5.73 Å². The summed E-state index contributed by atoms with van der Waals surface area (Å²) in [6.07, 6.45) is 0. The molecule has 1 heterocycles. The second-order valence-electron chi connectivity index (χ2n) is 5.38. The second kappa shape index (κ2) is 5.15. The highest BCUT2D eigenvalue weighted by molar-refractivity contribution is 5.84. The lowest BCUT2D eigenvalue weighted by Gasteiger charge is -2.31. The molecule has 3 atom stereocenters. The molecule has 0 spiro atoms. The van der Waals surface area contributed by atoms with Gasteiger partial charge < -0.3 is 16.0 Å². The maximum absolute atomic E-state index is 11.5. The van der Waals surface area contributed by atoms with Crippen molar-refractivity contribution in [2.24, 2.45) is 17.6 Å². The summed E-state index contributed by atoms with van der Waals surface area (Å²) in [7, 11) is 0. The van der Waals surface area contributed by atoms with Gasteiger partial charge in [-0.3, -0.25) is 4.79 Å². The van der Waals surface area contributed by atoms with Crippen molar-refractivity contribution >= 4 is 5.91 Å². The third kappa shape index (κ3) is 2.95. The zero-order valence-corrected chi connectivity index (χ0v) is 10.9. The van der Waals surface area contributed by atoms with Crippen LogP contribution in [0.2, 0.25) is 0 Å². The Kier molecular flexibility index (Phi) is 4.33. The van der Waals surface area contributed by atoms with Gasteiger partial charge in [0.15, 0.2) is 0 Å². The number of nitrogens with two attached hydrogens (primary N) is 1. The summed E-state index contributed by atoms with van der Waals surface area (Å²) in [6, 6.07) is 0. The van der Waals surface area contributed by atoms with Crippen LogP contribution < -0.4 is 11.1 Å². The Morgan fingerprint density at radius 3 is 2.31 bits per heavy atom. The van der Waals surface area contributed by atoms with Gasteiger partial charge in [-0.25, -0.2) is 0 Å². The van der Waals surface area contributed by atoms with E-state index < -0.39 is 5.54 Å². The number of nitrogens with zero attached hydrogens (tertiary/aromatic N) is 1. The number of hydrogen-bond acceptors (Lipinski definition) is 3. The van der Waals surface area contributed by atoms with Crippen molar-refractivity contribution in [3.63, 3.8) is 0 Å². The SMILES string of the molecule is CCNC(C)(CN1CC(C)C(C)C1)C(N)=O. The number of rotatable bonds is 5. The molecule has 1 aliphatic rings. The van der Waals surface area contributed by atoms with Crippen LogP contribution in [0.4, 0.5) is 0 Å². The molecular weight excluding hydrogens is 202 g/mol. The standard InChI is InChI=1S/C12H25N3O/c1-5-14-12(4,11(13)16)8-15-6-9(2)10(3)7-15/h9-10,14H,5-8H2,1-4H3,(H2,13,16). The van der Waals surface area contributed by atoms with Crippen molar-refractivity contribution in [2.75, 3.05) is 26.2 Å². The summed E-state index contributed by atoms with van der Waals surface area (Å²) in [4.78, 5) is 13.8. The monoisotopic (exact) mass is 227 g/mol. The minimum absolute atomic E-state index is 0.262. The highest BCUT2D eigenvalue weighted by Gasteiger charge is 2.36. The average Bonchev–Trinajstić information content (AvgIpc) is 2.45. The van der Waals surface area contributed by atoms with Gasteiger partial charge in [0, 0.05) is 19.6 Å². The van der Waals surface area contributed by atoms with Crippen LogP contribution in [0.25, 0.3) is 0 Å². The highest BCUT2D eigenvalue weighted by atomic mass is 16.1. The van der Waals surface area contributed by atoms with Crippen molar-refractivity contribution in [1.82, 2.24) is 10.2 Å². The molecule has 3 N–H and O–H groups in total. The predicted octanol–water partition coefficient (Wildman–Crippen LogP) is 0.428. The van der Waals surface area contributed by atoms with Crippen LogP contribution in [0, 0.1) is 11.8 Å². The normalized spacial score (nSPS) is 30.2. The molecule has 16 heavy (non-hydrogen) atoms. The number of likely N-dealkylation sites (tertiary alicyclic amines) is 1. The summed E-state index contributed by atoms with van der Waals surface area (Å²) in [5.74, 6) is 1.15. The second-order valence-corrected chi connectivity index (χ2v) is 5.38. The first-order valence-electron chi connectivity index (χ1n) is 6.16. The molecule has 1 fully saturated rings. The molecule has 0 aromatic heterocycles. The smallest absolute Gasteiger partial charge is 0.238 e. The molecule has 4 heteroatoms. The molecule has 1 aliphatic heterocycles. The van der Waals surface area contributed by atoms with E-state index in [9.17, 15) is 4.79 Å². The Hall–Kier alpha value is -0.610. The Labute approximate surface area is 98.6 Å². The van der Waals surface area contributed by atoms with Crippen LogP contribution in [0.15, 0.2) is 0 Å². The Morgan fingerprint density at radius 2 is 1.94 bits per heavy atom.